The van der Waals surface area contributed by atoms with E-state index in [0.717, 1.165) is 16.5 Å². The van der Waals surface area contributed by atoms with Crippen LogP contribution in [0.25, 0.3) is 10.9 Å². The second-order valence-corrected chi connectivity index (χ2v) is 6.70. The molecule has 3 rings (SSSR count). The third-order valence-corrected chi connectivity index (χ3v) is 4.05. The first-order valence-corrected chi connectivity index (χ1v) is 7.83. The molecule has 2 aromatic rings. The summed E-state index contributed by atoms with van der Waals surface area (Å²) in [5.41, 5.74) is 1.62. The highest BCUT2D eigenvalue weighted by Gasteiger charge is 2.35. The summed E-state index contributed by atoms with van der Waals surface area (Å²) >= 11 is 0. The normalized spacial score (nSPS) is 20.8. The summed E-state index contributed by atoms with van der Waals surface area (Å²) in [5, 5.41) is 7.95. The van der Waals surface area contributed by atoms with Crippen LogP contribution < -0.4 is 0 Å². The molecule has 0 saturated carbocycles. The van der Waals surface area contributed by atoms with E-state index in [1.165, 1.54) is 0 Å². The molecule has 0 bridgehead atoms. The lowest BCUT2D eigenvalue weighted by Crippen LogP contribution is -2.56. The SMILES string of the molecule is COC[C@H]1CN(C(=O)Cc2ccc3[nH]ncc3c2)CC(C)(C)O1. The third-order valence-electron chi connectivity index (χ3n) is 4.05. The number of carbonyl (C=O) groups is 1. The van der Waals surface area contributed by atoms with E-state index in [9.17, 15) is 4.79 Å². The van der Waals surface area contributed by atoms with Crippen LogP contribution in [0.15, 0.2) is 24.4 Å². The van der Waals surface area contributed by atoms with Crippen molar-refractivity contribution in [3.63, 3.8) is 0 Å². The van der Waals surface area contributed by atoms with Gasteiger partial charge >= 0.3 is 0 Å². The first-order chi connectivity index (χ1) is 11.0. The first kappa shape index (κ1) is 16.0. The number of aromatic amines is 1. The van der Waals surface area contributed by atoms with E-state index in [4.69, 9.17) is 9.47 Å². The zero-order valence-electron chi connectivity index (χ0n) is 13.8. The molecule has 2 heterocycles. The van der Waals surface area contributed by atoms with Crippen LogP contribution in [0.4, 0.5) is 0 Å². The Morgan fingerprint density at radius 1 is 1.52 bits per heavy atom. The number of aromatic nitrogens is 2. The maximum atomic E-state index is 12.7. The fraction of sp³-hybridized carbons (Fsp3) is 0.529. The molecule has 0 radical (unpaired) electrons. The molecule has 1 atom stereocenters. The lowest BCUT2D eigenvalue weighted by atomic mass is 10.0. The summed E-state index contributed by atoms with van der Waals surface area (Å²) in [5.74, 6) is 0.116. The maximum Gasteiger partial charge on any atom is 0.227 e. The van der Waals surface area contributed by atoms with Gasteiger partial charge in [0, 0.05) is 25.6 Å². The fourth-order valence-electron chi connectivity index (χ4n) is 3.15. The highest BCUT2D eigenvalue weighted by Crippen LogP contribution is 2.22. The second kappa shape index (κ2) is 6.29. The smallest absolute Gasteiger partial charge is 0.227 e. The van der Waals surface area contributed by atoms with Crippen molar-refractivity contribution in [3.05, 3.63) is 30.0 Å². The van der Waals surface area contributed by atoms with Crippen LogP contribution in [0.2, 0.25) is 0 Å². The van der Waals surface area contributed by atoms with Crippen molar-refractivity contribution in [2.24, 2.45) is 0 Å². The number of H-pyrrole nitrogens is 1. The Labute approximate surface area is 135 Å². The number of rotatable bonds is 4. The Morgan fingerprint density at radius 3 is 3.13 bits per heavy atom. The summed E-state index contributed by atoms with van der Waals surface area (Å²) in [7, 11) is 1.65. The van der Waals surface area contributed by atoms with E-state index >= 15 is 0 Å². The third kappa shape index (κ3) is 3.71. The number of nitrogens with one attached hydrogen (secondary N) is 1. The lowest BCUT2D eigenvalue weighted by Gasteiger charge is -2.42. The molecule has 1 aromatic carbocycles. The average Bonchev–Trinajstić information content (AvgIpc) is 2.93. The maximum absolute atomic E-state index is 12.7. The summed E-state index contributed by atoms with van der Waals surface area (Å²) in [4.78, 5) is 14.6. The van der Waals surface area contributed by atoms with Crippen LogP contribution in [-0.4, -0.2) is 59.5 Å². The van der Waals surface area contributed by atoms with E-state index < -0.39 is 0 Å². The highest BCUT2D eigenvalue weighted by molar-refractivity contribution is 5.83. The molecule has 1 N–H and O–H groups in total. The van der Waals surface area contributed by atoms with Crippen LogP contribution in [-0.2, 0) is 20.7 Å². The summed E-state index contributed by atoms with van der Waals surface area (Å²) in [6, 6.07) is 5.94. The minimum absolute atomic E-state index is 0.0796. The standard InChI is InChI=1S/C17H23N3O3/c1-17(2)11-20(9-14(23-17)10-22-3)16(21)7-12-4-5-15-13(6-12)8-18-19-15/h4-6,8,14H,7,9-11H2,1-3H3,(H,18,19)/t14-/m1/s1. The van der Waals surface area contributed by atoms with Gasteiger partial charge in [-0.3, -0.25) is 9.89 Å². The van der Waals surface area contributed by atoms with Gasteiger partial charge in [-0.1, -0.05) is 6.07 Å². The monoisotopic (exact) mass is 317 g/mol. The van der Waals surface area contributed by atoms with Gasteiger partial charge in [-0.15, -0.1) is 0 Å². The number of ether oxygens (including phenoxy) is 2. The molecule has 0 unspecified atom stereocenters. The molecule has 6 heteroatoms. The van der Waals surface area contributed by atoms with Crippen LogP contribution in [0.1, 0.15) is 19.4 Å². The quantitative estimate of drug-likeness (QED) is 0.933. The Bertz CT molecular complexity index is 695. The van der Waals surface area contributed by atoms with Gasteiger partial charge in [0.1, 0.15) is 0 Å². The molecule has 0 spiro atoms. The summed E-state index contributed by atoms with van der Waals surface area (Å²) in [6.45, 7) is 5.68. The van der Waals surface area contributed by atoms with Gasteiger partial charge in [0.2, 0.25) is 5.91 Å². The van der Waals surface area contributed by atoms with Crippen molar-refractivity contribution >= 4 is 16.8 Å². The van der Waals surface area contributed by atoms with Crippen LogP contribution in [0.5, 0.6) is 0 Å². The van der Waals surface area contributed by atoms with E-state index in [-0.39, 0.29) is 17.6 Å². The Morgan fingerprint density at radius 2 is 2.35 bits per heavy atom. The van der Waals surface area contributed by atoms with E-state index in [1.54, 1.807) is 13.3 Å². The van der Waals surface area contributed by atoms with Crippen molar-refractivity contribution in [3.8, 4) is 0 Å². The van der Waals surface area contributed by atoms with Crippen molar-refractivity contribution in [2.45, 2.75) is 32.0 Å². The minimum atomic E-state index is -0.356. The average molecular weight is 317 g/mol. The zero-order valence-corrected chi connectivity index (χ0v) is 13.8. The molecule has 0 aliphatic carbocycles. The summed E-state index contributed by atoms with van der Waals surface area (Å²) < 4.78 is 11.1. The first-order valence-electron chi connectivity index (χ1n) is 7.83. The molecule has 1 aliphatic rings. The number of hydrogen-bond acceptors (Lipinski definition) is 4. The molecular weight excluding hydrogens is 294 g/mol. The lowest BCUT2D eigenvalue weighted by molar-refractivity contribution is -0.168. The van der Waals surface area contributed by atoms with Crippen molar-refractivity contribution in [1.29, 1.82) is 0 Å². The predicted molar refractivity (Wildman–Crippen MR) is 87.2 cm³/mol. The van der Waals surface area contributed by atoms with Gasteiger partial charge in [0.05, 0.1) is 36.4 Å². The summed E-state index contributed by atoms with van der Waals surface area (Å²) in [6.07, 6.45) is 2.08. The predicted octanol–water partition coefficient (Wildman–Crippen LogP) is 1.76. The molecule has 124 valence electrons. The molecule has 6 nitrogen and oxygen atoms in total. The number of morpholine rings is 1. The van der Waals surface area contributed by atoms with E-state index in [2.05, 4.69) is 10.2 Å². The van der Waals surface area contributed by atoms with Gasteiger partial charge in [-0.25, -0.2) is 0 Å². The highest BCUT2D eigenvalue weighted by atomic mass is 16.5. The molecule has 1 fully saturated rings. The number of fused-ring (bicyclic) bond motifs is 1. The number of methoxy groups -OCH3 is 1. The van der Waals surface area contributed by atoms with Crippen molar-refractivity contribution in [2.75, 3.05) is 26.8 Å². The number of nitrogens with zero attached hydrogens (tertiary/aromatic N) is 2. The van der Waals surface area contributed by atoms with Crippen LogP contribution in [0.3, 0.4) is 0 Å². The largest absolute Gasteiger partial charge is 0.382 e. The number of benzene rings is 1. The molecule has 1 aromatic heterocycles. The Balaban J connectivity index is 1.70. The van der Waals surface area contributed by atoms with Crippen LogP contribution >= 0.6 is 0 Å². The molecule has 1 amide bonds. The fourth-order valence-corrected chi connectivity index (χ4v) is 3.15. The van der Waals surface area contributed by atoms with Crippen molar-refractivity contribution in [1.82, 2.24) is 15.1 Å². The zero-order chi connectivity index (χ0) is 16.4. The number of carbonyl (C=O) groups excluding carboxylic acids is 1. The molecule has 23 heavy (non-hydrogen) atoms. The number of amides is 1. The number of hydrogen-bond donors (Lipinski definition) is 1. The van der Waals surface area contributed by atoms with Gasteiger partial charge in [0.25, 0.3) is 0 Å². The Kier molecular flexibility index (Phi) is 4.37. The second-order valence-electron chi connectivity index (χ2n) is 6.70. The van der Waals surface area contributed by atoms with E-state index in [1.807, 2.05) is 36.9 Å². The Hall–Kier alpha value is -1.92. The van der Waals surface area contributed by atoms with Crippen molar-refractivity contribution < 1.29 is 14.3 Å². The topological polar surface area (TPSA) is 67.5 Å². The van der Waals surface area contributed by atoms with Crippen LogP contribution in [0, 0.1) is 0 Å². The van der Waals surface area contributed by atoms with E-state index in [0.29, 0.717) is 26.1 Å². The minimum Gasteiger partial charge on any atom is -0.382 e. The van der Waals surface area contributed by atoms with Gasteiger partial charge in [-0.2, -0.15) is 5.10 Å². The molecule has 1 saturated heterocycles. The van der Waals surface area contributed by atoms with Gasteiger partial charge < -0.3 is 14.4 Å². The van der Waals surface area contributed by atoms with Gasteiger partial charge in [-0.05, 0) is 31.5 Å². The molecule has 1 aliphatic heterocycles. The van der Waals surface area contributed by atoms with Gasteiger partial charge in [0.15, 0.2) is 0 Å². The molecular formula is C17H23N3O3.